The molecule has 120 valence electrons. The zero-order valence-corrected chi connectivity index (χ0v) is 12.5. The molecule has 0 aromatic heterocycles. The highest BCUT2D eigenvalue weighted by Crippen LogP contribution is 2.13. The molecule has 8 heteroatoms. The molecular weight excluding hydrogens is 276 g/mol. The number of carbonyl (C=O) groups excluding carboxylic acids is 2. The number of urea groups is 1. The predicted octanol–water partition coefficient (Wildman–Crippen LogP) is -0.559. The minimum absolute atomic E-state index is 0.00514. The number of nitrogens with one attached hydrogen (secondary N) is 1. The number of likely N-dealkylation sites (N-methyl/N-ethyl adjacent to an activating group) is 2. The lowest BCUT2D eigenvalue weighted by Gasteiger charge is -2.36. The van der Waals surface area contributed by atoms with Crippen LogP contribution >= 0.6 is 0 Å². The van der Waals surface area contributed by atoms with E-state index in [4.69, 9.17) is 10.8 Å². The van der Waals surface area contributed by atoms with Crippen molar-refractivity contribution in [3.8, 4) is 0 Å². The van der Waals surface area contributed by atoms with E-state index in [0.717, 1.165) is 25.9 Å². The van der Waals surface area contributed by atoms with Gasteiger partial charge in [-0.3, -0.25) is 4.79 Å². The van der Waals surface area contributed by atoms with Gasteiger partial charge in [0.05, 0.1) is 0 Å². The van der Waals surface area contributed by atoms with Crippen molar-refractivity contribution in [1.82, 2.24) is 15.1 Å². The summed E-state index contributed by atoms with van der Waals surface area (Å²) in [4.78, 5) is 37.6. The molecule has 21 heavy (non-hydrogen) atoms. The van der Waals surface area contributed by atoms with Crippen molar-refractivity contribution in [2.75, 3.05) is 27.2 Å². The molecule has 0 saturated carbocycles. The van der Waals surface area contributed by atoms with Gasteiger partial charge in [-0.1, -0.05) is 0 Å². The Morgan fingerprint density at radius 1 is 1.48 bits per heavy atom. The number of carbonyl (C=O) groups is 3. The molecule has 2 atom stereocenters. The highest BCUT2D eigenvalue weighted by Gasteiger charge is 2.27. The third kappa shape index (κ3) is 5.58. The lowest BCUT2D eigenvalue weighted by molar-refractivity contribution is -0.139. The Labute approximate surface area is 124 Å². The second-order valence-electron chi connectivity index (χ2n) is 5.51. The summed E-state index contributed by atoms with van der Waals surface area (Å²) >= 11 is 0. The summed E-state index contributed by atoms with van der Waals surface area (Å²) in [5, 5.41) is 11.5. The van der Waals surface area contributed by atoms with Crippen LogP contribution in [-0.2, 0) is 9.59 Å². The molecule has 0 aliphatic carbocycles. The molecule has 2 unspecified atom stereocenters. The second-order valence-corrected chi connectivity index (χ2v) is 5.51. The summed E-state index contributed by atoms with van der Waals surface area (Å²) in [5.74, 6) is -1.75. The highest BCUT2D eigenvalue weighted by molar-refractivity contribution is 5.83. The summed E-state index contributed by atoms with van der Waals surface area (Å²) in [6, 6.07) is -1.48. The number of likely N-dealkylation sites (tertiary alicyclic amines) is 1. The maximum atomic E-state index is 12.1. The average Bonchev–Trinajstić information content (AvgIpc) is 2.41. The number of hydrogen-bond donors (Lipinski definition) is 3. The molecule has 0 bridgehead atoms. The van der Waals surface area contributed by atoms with E-state index in [9.17, 15) is 14.4 Å². The maximum Gasteiger partial charge on any atom is 0.326 e. The number of rotatable bonds is 6. The quantitative estimate of drug-likeness (QED) is 0.608. The SMILES string of the molecule is CN1CCCC(N(C)C(=O)NC(CCC(N)=O)C(=O)O)C1. The number of piperidine rings is 1. The standard InChI is InChI=1S/C13H24N4O4/c1-16-7-3-4-9(8-16)17(2)13(21)15-10(12(19)20)5-6-11(14)18/h9-10H,3-8H2,1-2H3,(H2,14,18)(H,15,21)(H,19,20). The Morgan fingerprint density at radius 3 is 2.67 bits per heavy atom. The summed E-state index contributed by atoms with van der Waals surface area (Å²) in [6.45, 7) is 1.77. The third-order valence-electron chi connectivity index (χ3n) is 3.74. The van der Waals surface area contributed by atoms with Crippen LogP contribution < -0.4 is 11.1 Å². The number of nitrogens with zero attached hydrogens (tertiary/aromatic N) is 2. The fraction of sp³-hybridized carbons (Fsp3) is 0.769. The summed E-state index contributed by atoms with van der Waals surface area (Å²) in [7, 11) is 3.65. The Balaban J connectivity index is 2.55. The van der Waals surface area contributed by atoms with Crippen LogP contribution in [-0.4, -0.2) is 72.1 Å². The number of primary amides is 1. The fourth-order valence-corrected chi connectivity index (χ4v) is 2.42. The molecule has 0 spiro atoms. The highest BCUT2D eigenvalue weighted by atomic mass is 16.4. The molecule has 0 radical (unpaired) electrons. The van der Waals surface area contributed by atoms with Gasteiger partial charge >= 0.3 is 12.0 Å². The minimum Gasteiger partial charge on any atom is -0.480 e. The van der Waals surface area contributed by atoms with Gasteiger partial charge in [-0.15, -0.1) is 0 Å². The fourth-order valence-electron chi connectivity index (χ4n) is 2.42. The molecule has 1 saturated heterocycles. The van der Waals surface area contributed by atoms with E-state index in [0.29, 0.717) is 0 Å². The van der Waals surface area contributed by atoms with Gasteiger partial charge in [0, 0.05) is 26.1 Å². The van der Waals surface area contributed by atoms with Crippen molar-refractivity contribution in [2.24, 2.45) is 5.73 Å². The molecule has 1 aliphatic rings. The van der Waals surface area contributed by atoms with Gasteiger partial charge in [0.1, 0.15) is 6.04 Å². The largest absolute Gasteiger partial charge is 0.480 e. The Morgan fingerprint density at radius 2 is 2.14 bits per heavy atom. The molecule has 0 aromatic rings. The van der Waals surface area contributed by atoms with E-state index in [1.54, 1.807) is 7.05 Å². The number of carboxylic acids is 1. The van der Waals surface area contributed by atoms with E-state index in [-0.39, 0.29) is 18.9 Å². The molecule has 1 rings (SSSR count). The van der Waals surface area contributed by atoms with Crippen LogP contribution in [0.15, 0.2) is 0 Å². The lowest BCUT2D eigenvalue weighted by atomic mass is 10.1. The number of amides is 3. The van der Waals surface area contributed by atoms with Crippen LogP contribution in [0.25, 0.3) is 0 Å². The van der Waals surface area contributed by atoms with Crippen molar-refractivity contribution in [3.63, 3.8) is 0 Å². The van der Waals surface area contributed by atoms with Gasteiger partial charge in [0.2, 0.25) is 5.91 Å². The Hall–Kier alpha value is -1.83. The first-order chi connectivity index (χ1) is 9.81. The van der Waals surface area contributed by atoms with Crippen molar-refractivity contribution < 1.29 is 19.5 Å². The van der Waals surface area contributed by atoms with E-state index in [1.165, 1.54) is 4.90 Å². The number of carboxylic acid groups (broad SMARTS) is 1. The summed E-state index contributed by atoms with van der Waals surface area (Å²) < 4.78 is 0. The first-order valence-electron chi connectivity index (χ1n) is 7.04. The summed E-state index contributed by atoms with van der Waals surface area (Å²) in [6.07, 6.45) is 1.82. The normalized spacial score (nSPS) is 20.6. The molecule has 1 heterocycles. The topological polar surface area (TPSA) is 116 Å². The van der Waals surface area contributed by atoms with Crippen molar-refractivity contribution >= 4 is 17.9 Å². The third-order valence-corrected chi connectivity index (χ3v) is 3.74. The summed E-state index contributed by atoms with van der Waals surface area (Å²) in [5.41, 5.74) is 5.00. The van der Waals surface area contributed by atoms with Crippen LogP contribution in [0.2, 0.25) is 0 Å². The smallest absolute Gasteiger partial charge is 0.326 e. The average molecular weight is 300 g/mol. The van der Waals surface area contributed by atoms with Gasteiger partial charge in [-0.25, -0.2) is 9.59 Å². The van der Waals surface area contributed by atoms with E-state index in [2.05, 4.69) is 10.2 Å². The van der Waals surface area contributed by atoms with Gasteiger partial charge in [0.25, 0.3) is 0 Å². The van der Waals surface area contributed by atoms with Crippen LogP contribution in [0.1, 0.15) is 25.7 Å². The Bertz CT molecular complexity index is 402. The predicted molar refractivity (Wildman–Crippen MR) is 76.7 cm³/mol. The Kier molecular flexibility index (Phi) is 6.41. The van der Waals surface area contributed by atoms with Gasteiger partial charge in [-0.2, -0.15) is 0 Å². The van der Waals surface area contributed by atoms with Crippen molar-refractivity contribution in [3.05, 3.63) is 0 Å². The van der Waals surface area contributed by atoms with Crippen LogP contribution in [0.4, 0.5) is 4.79 Å². The monoisotopic (exact) mass is 300 g/mol. The molecule has 8 nitrogen and oxygen atoms in total. The van der Waals surface area contributed by atoms with Crippen LogP contribution in [0.3, 0.4) is 0 Å². The van der Waals surface area contributed by atoms with Crippen molar-refractivity contribution in [1.29, 1.82) is 0 Å². The van der Waals surface area contributed by atoms with E-state index < -0.39 is 23.9 Å². The zero-order valence-electron chi connectivity index (χ0n) is 12.5. The number of hydrogen-bond acceptors (Lipinski definition) is 4. The maximum absolute atomic E-state index is 12.1. The van der Waals surface area contributed by atoms with Gasteiger partial charge in [-0.05, 0) is 32.9 Å². The minimum atomic E-state index is -1.17. The number of aliphatic carboxylic acids is 1. The van der Waals surface area contributed by atoms with Crippen LogP contribution in [0, 0.1) is 0 Å². The molecule has 1 aliphatic heterocycles. The van der Waals surface area contributed by atoms with Gasteiger partial charge in [0.15, 0.2) is 0 Å². The zero-order chi connectivity index (χ0) is 16.0. The lowest BCUT2D eigenvalue weighted by Crippen LogP contribution is -2.53. The van der Waals surface area contributed by atoms with Gasteiger partial charge < -0.3 is 26.0 Å². The molecule has 1 fully saturated rings. The first-order valence-corrected chi connectivity index (χ1v) is 7.04. The molecular formula is C13H24N4O4. The molecule has 0 aromatic carbocycles. The first kappa shape index (κ1) is 17.2. The molecule has 4 N–H and O–H groups in total. The van der Waals surface area contributed by atoms with Crippen molar-refractivity contribution in [2.45, 2.75) is 37.8 Å². The second kappa shape index (κ2) is 7.82. The van der Waals surface area contributed by atoms with E-state index in [1.807, 2.05) is 7.05 Å². The van der Waals surface area contributed by atoms with Crippen LogP contribution in [0.5, 0.6) is 0 Å². The number of nitrogens with two attached hydrogens (primary N) is 1. The molecule has 3 amide bonds. The van der Waals surface area contributed by atoms with E-state index >= 15 is 0 Å².